The minimum absolute atomic E-state index is 0.132. The van der Waals surface area contributed by atoms with Gasteiger partial charge in [-0.15, -0.1) is 0 Å². The lowest BCUT2D eigenvalue weighted by Gasteiger charge is -2.08. The molecule has 0 radical (unpaired) electrons. The number of phenolic OH excluding ortho intramolecular Hbond substituents is 1. The number of furan rings is 1. The van der Waals surface area contributed by atoms with E-state index in [0.717, 1.165) is 5.39 Å². The lowest BCUT2D eigenvalue weighted by molar-refractivity contribution is 0.0997. The second-order valence-corrected chi connectivity index (χ2v) is 4.61. The van der Waals surface area contributed by atoms with Crippen LogP contribution in [0, 0.1) is 0 Å². The summed E-state index contributed by atoms with van der Waals surface area (Å²) in [5.41, 5.74) is 0.593. The van der Waals surface area contributed by atoms with Crippen molar-refractivity contribution >= 4 is 34.0 Å². The summed E-state index contributed by atoms with van der Waals surface area (Å²) < 4.78 is 5.06. The van der Waals surface area contributed by atoms with Gasteiger partial charge in [0, 0.05) is 16.5 Å². The molecule has 5 heteroatoms. The van der Waals surface area contributed by atoms with Crippen LogP contribution in [0.15, 0.2) is 52.9 Å². The Bertz CT molecular complexity index is 795. The number of fused-ring (bicyclic) bond motifs is 1. The average Bonchev–Trinajstić information content (AvgIpc) is 2.87. The summed E-state index contributed by atoms with van der Waals surface area (Å²) in [5, 5.41) is 14.1. The van der Waals surface area contributed by atoms with Crippen LogP contribution < -0.4 is 5.32 Å². The molecule has 0 aliphatic carbocycles. The molecule has 1 aromatic heterocycles. The van der Waals surface area contributed by atoms with Crippen LogP contribution in [0.4, 0.5) is 5.69 Å². The van der Waals surface area contributed by atoms with E-state index in [9.17, 15) is 9.90 Å². The van der Waals surface area contributed by atoms with Crippen molar-refractivity contribution in [3.63, 3.8) is 0 Å². The first-order valence-electron chi connectivity index (χ1n) is 5.92. The molecule has 1 heterocycles. The zero-order valence-electron chi connectivity index (χ0n) is 10.3. The second kappa shape index (κ2) is 4.90. The number of rotatable bonds is 2. The van der Waals surface area contributed by atoms with Crippen LogP contribution in [0.2, 0.25) is 5.22 Å². The number of halogens is 1. The van der Waals surface area contributed by atoms with Crippen LogP contribution in [-0.4, -0.2) is 11.0 Å². The Morgan fingerprint density at radius 1 is 1.05 bits per heavy atom. The van der Waals surface area contributed by atoms with E-state index in [0.29, 0.717) is 11.1 Å². The maximum absolute atomic E-state index is 12.0. The van der Waals surface area contributed by atoms with Gasteiger partial charge in [0.05, 0.1) is 0 Å². The zero-order chi connectivity index (χ0) is 14.1. The summed E-state index contributed by atoms with van der Waals surface area (Å²) in [4.78, 5) is 12.0. The maximum Gasteiger partial charge on any atom is 0.291 e. The van der Waals surface area contributed by atoms with Gasteiger partial charge >= 0.3 is 0 Å². The van der Waals surface area contributed by atoms with E-state index in [1.165, 1.54) is 12.1 Å². The number of anilines is 1. The highest BCUT2D eigenvalue weighted by molar-refractivity contribution is 6.29. The highest BCUT2D eigenvalue weighted by Crippen LogP contribution is 2.30. The van der Waals surface area contributed by atoms with Crippen molar-refractivity contribution in [2.24, 2.45) is 0 Å². The summed E-state index contributed by atoms with van der Waals surface area (Å²) in [7, 11) is 0. The molecule has 0 saturated carbocycles. The Balaban J connectivity index is 1.99. The summed E-state index contributed by atoms with van der Waals surface area (Å²) in [6.07, 6.45) is 0. The van der Waals surface area contributed by atoms with Gasteiger partial charge in [-0.1, -0.05) is 24.3 Å². The Morgan fingerprint density at radius 3 is 2.55 bits per heavy atom. The van der Waals surface area contributed by atoms with Crippen molar-refractivity contribution in [2.45, 2.75) is 0 Å². The van der Waals surface area contributed by atoms with Crippen LogP contribution in [0.25, 0.3) is 10.8 Å². The van der Waals surface area contributed by atoms with Crippen LogP contribution in [0.5, 0.6) is 5.75 Å². The number of hydrogen-bond donors (Lipinski definition) is 2. The molecule has 3 aromatic rings. The molecule has 4 nitrogen and oxygen atoms in total. The number of nitrogens with one attached hydrogen (secondary N) is 1. The SMILES string of the molecule is O=C(Nc1cccc2c(O)cccc12)c1ccc(Cl)o1. The molecule has 2 aromatic carbocycles. The number of hydrogen-bond acceptors (Lipinski definition) is 3. The van der Waals surface area contributed by atoms with E-state index in [4.69, 9.17) is 16.0 Å². The first-order valence-corrected chi connectivity index (χ1v) is 6.30. The maximum atomic E-state index is 12.0. The summed E-state index contributed by atoms with van der Waals surface area (Å²) >= 11 is 5.64. The molecule has 0 unspecified atom stereocenters. The topological polar surface area (TPSA) is 62.5 Å². The molecular formula is C15H10ClNO3. The van der Waals surface area contributed by atoms with E-state index < -0.39 is 5.91 Å². The molecule has 100 valence electrons. The van der Waals surface area contributed by atoms with E-state index in [-0.39, 0.29) is 16.7 Å². The molecule has 0 atom stereocenters. The molecular weight excluding hydrogens is 278 g/mol. The fourth-order valence-electron chi connectivity index (χ4n) is 2.02. The van der Waals surface area contributed by atoms with Gasteiger partial charge in [-0.05, 0) is 35.9 Å². The van der Waals surface area contributed by atoms with Gasteiger partial charge in [-0.3, -0.25) is 4.79 Å². The van der Waals surface area contributed by atoms with Gasteiger partial charge in [0.1, 0.15) is 5.75 Å². The molecule has 3 rings (SSSR count). The number of carbonyl (C=O) groups excluding carboxylic acids is 1. The number of benzene rings is 2. The van der Waals surface area contributed by atoms with Crippen LogP contribution >= 0.6 is 11.6 Å². The van der Waals surface area contributed by atoms with Gasteiger partial charge in [0.2, 0.25) is 0 Å². The first-order chi connectivity index (χ1) is 9.65. The highest BCUT2D eigenvalue weighted by Gasteiger charge is 2.12. The fourth-order valence-corrected chi connectivity index (χ4v) is 2.17. The predicted molar refractivity (Wildman–Crippen MR) is 77.3 cm³/mol. The van der Waals surface area contributed by atoms with Gasteiger partial charge < -0.3 is 14.8 Å². The van der Waals surface area contributed by atoms with Crippen molar-refractivity contribution in [3.05, 3.63) is 59.5 Å². The van der Waals surface area contributed by atoms with Crippen molar-refractivity contribution in [1.29, 1.82) is 0 Å². The molecule has 2 N–H and O–H groups in total. The molecule has 0 saturated heterocycles. The number of carbonyl (C=O) groups is 1. The zero-order valence-corrected chi connectivity index (χ0v) is 11.0. The average molecular weight is 288 g/mol. The number of phenols is 1. The third-order valence-electron chi connectivity index (χ3n) is 2.94. The minimum atomic E-state index is -0.396. The van der Waals surface area contributed by atoms with Crippen LogP contribution in [0.1, 0.15) is 10.6 Å². The number of aromatic hydroxyl groups is 1. The Hall–Kier alpha value is -2.46. The summed E-state index contributed by atoms with van der Waals surface area (Å²) in [6, 6.07) is 13.4. The van der Waals surface area contributed by atoms with Gasteiger partial charge in [0.15, 0.2) is 11.0 Å². The Kier molecular flexibility index (Phi) is 3.08. The van der Waals surface area contributed by atoms with Gasteiger partial charge in [-0.2, -0.15) is 0 Å². The molecule has 0 fully saturated rings. The van der Waals surface area contributed by atoms with Crippen molar-refractivity contribution in [1.82, 2.24) is 0 Å². The molecule has 0 aliphatic heterocycles. The molecule has 0 spiro atoms. The minimum Gasteiger partial charge on any atom is -0.507 e. The smallest absolute Gasteiger partial charge is 0.291 e. The van der Waals surface area contributed by atoms with Crippen molar-refractivity contribution in [3.8, 4) is 5.75 Å². The first kappa shape index (κ1) is 12.6. The second-order valence-electron chi connectivity index (χ2n) is 4.24. The molecule has 1 amide bonds. The monoisotopic (exact) mass is 287 g/mol. The predicted octanol–water partition coefficient (Wildman–Crippen LogP) is 4.04. The van der Waals surface area contributed by atoms with Gasteiger partial charge in [0.25, 0.3) is 5.91 Å². The quantitative estimate of drug-likeness (QED) is 0.747. The van der Waals surface area contributed by atoms with E-state index >= 15 is 0 Å². The van der Waals surface area contributed by atoms with Gasteiger partial charge in [-0.25, -0.2) is 0 Å². The molecule has 0 bridgehead atoms. The number of amides is 1. The lowest BCUT2D eigenvalue weighted by Crippen LogP contribution is -2.11. The Labute approximate surface area is 119 Å². The Morgan fingerprint density at radius 2 is 1.80 bits per heavy atom. The van der Waals surface area contributed by atoms with Crippen LogP contribution in [0.3, 0.4) is 0 Å². The van der Waals surface area contributed by atoms with E-state index in [1.54, 1.807) is 30.3 Å². The third-order valence-corrected chi connectivity index (χ3v) is 3.15. The lowest BCUT2D eigenvalue weighted by atomic mass is 10.1. The summed E-state index contributed by atoms with van der Waals surface area (Å²) in [5.74, 6) is -0.0976. The van der Waals surface area contributed by atoms with Crippen LogP contribution in [-0.2, 0) is 0 Å². The third kappa shape index (κ3) is 2.21. The van der Waals surface area contributed by atoms with Crippen molar-refractivity contribution < 1.29 is 14.3 Å². The largest absolute Gasteiger partial charge is 0.507 e. The standard InChI is InChI=1S/C15H10ClNO3/c16-14-8-7-13(20-14)15(19)17-11-5-1-4-10-9(11)3-2-6-12(10)18/h1-8,18H,(H,17,19). The highest BCUT2D eigenvalue weighted by atomic mass is 35.5. The van der Waals surface area contributed by atoms with E-state index in [1.807, 2.05) is 6.07 Å². The molecule has 0 aliphatic rings. The normalized spacial score (nSPS) is 10.7. The molecule has 20 heavy (non-hydrogen) atoms. The van der Waals surface area contributed by atoms with E-state index in [2.05, 4.69) is 5.32 Å². The summed E-state index contributed by atoms with van der Waals surface area (Å²) in [6.45, 7) is 0. The fraction of sp³-hybridized carbons (Fsp3) is 0. The van der Waals surface area contributed by atoms with Crippen molar-refractivity contribution in [2.75, 3.05) is 5.32 Å².